The smallest absolute Gasteiger partial charge is 0.125 e. The monoisotopic (exact) mass is 228 g/mol. The zero-order chi connectivity index (χ0) is 10.7. The average Bonchev–Trinajstić information content (AvgIpc) is 2.25. The fourth-order valence-corrected chi connectivity index (χ4v) is 1.97. The third kappa shape index (κ3) is 2.83. The van der Waals surface area contributed by atoms with E-state index in [0.29, 0.717) is 16.8 Å². The second-order valence-corrected chi connectivity index (χ2v) is 4.20. The van der Waals surface area contributed by atoms with Crippen molar-refractivity contribution in [3.05, 3.63) is 29.0 Å². The van der Waals surface area contributed by atoms with Crippen molar-refractivity contribution < 1.29 is 4.39 Å². The molecule has 2 N–H and O–H groups in total. The number of hydrogen-bond donors (Lipinski definition) is 2. The summed E-state index contributed by atoms with van der Waals surface area (Å²) in [5.74, 6) is -0.254. The highest BCUT2D eigenvalue weighted by molar-refractivity contribution is 6.33. The van der Waals surface area contributed by atoms with Gasteiger partial charge in [-0.3, -0.25) is 0 Å². The zero-order valence-electron chi connectivity index (χ0n) is 8.39. The summed E-state index contributed by atoms with van der Waals surface area (Å²) < 4.78 is 13.0. The van der Waals surface area contributed by atoms with Gasteiger partial charge >= 0.3 is 0 Å². The van der Waals surface area contributed by atoms with Gasteiger partial charge in [0.25, 0.3) is 0 Å². The predicted molar refractivity (Wildman–Crippen MR) is 60.9 cm³/mol. The Morgan fingerprint density at radius 3 is 2.80 bits per heavy atom. The maximum atomic E-state index is 13.0. The Labute approximate surface area is 93.8 Å². The number of nitrogens with one attached hydrogen (secondary N) is 2. The highest BCUT2D eigenvalue weighted by atomic mass is 35.5. The van der Waals surface area contributed by atoms with Crippen molar-refractivity contribution in [1.29, 1.82) is 0 Å². The van der Waals surface area contributed by atoms with E-state index < -0.39 is 0 Å². The number of hydrogen-bond acceptors (Lipinski definition) is 2. The summed E-state index contributed by atoms with van der Waals surface area (Å²) in [5.41, 5.74) is 0.698. The first-order valence-electron chi connectivity index (χ1n) is 5.18. The van der Waals surface area contributed by atoms with E-state index in [1.807, 2.05) is 0 Å². The quantitative estimate of drug-likeness (QED) is 0.813. The van der Waals surface area contributed by atoms with Crippen LogP contribution in [0.5, 0.6) is 0 Å². The minimum Gasteiger partial charge on any atom is -0.381 e. The van der Waals surface area contributed by atoms with Crippen LogP contribution < -0.4 is 10.6 Å². The zero-order valence-corrected chi connectivity index (χ0v) is 9.15. The fraction of sp³-hybridized carbons (Fsp3) is 0.455. The Hall–Kier alpha value is -0.800. The molecular weight excluding hydrogens is 215 g/mol. The largest absolute Gasteiger partial charge is 0.381 e. The standard InChI is InChI=1S/C11H14ClFN2/c12-10-2-1-8(13)7-11(10)15-9-3-5-14-6-4-9/h1-2,7,9,14-15H,3-6H2. The summed E-state index contributed by atoms with van der Waals surface area (Å²) in [4.78, 5) is 0. The van der Waals surface area contributed by atoms with E-state index in [2.05, 4.69) is 10.6 Å². The minimum atomic E-state index is -0.254. The van der Waals surface area contributed by atoms with Gasteiger partial charge in [0.1, 0.15) is 5.82 Å². The summed E-state index contributed by atoms with van der Waals surface area (Å²) in [6, 6.07) is 4.80. The second kappa shape index (κ2) is 4.81. The Kier molecular flexibility index (Phi) is 3.44. The van der Waals surface area contributed by atoms with Gasteiger partial charge in [0, 0.05) is 6.04 Å². The summed E-state index contributed by atoms with van der Waals surface area (Å²) >= 11 is 5.97. The molecule has 0 saturated carbocycles. The first-order valence-corrected chi connectivity index (χ1v) is 5.56. The van der Waals surface area contributed by atoms with Gasteiger partial charge in [-0.25, -0.2) is 4.39 Å². The molecule has 1 fully saturated rings. The molecule has 1 aromatic rings. The second-order valence-electron chi connectivity index (χ2n) is 3.79. The minimum absolute atomic E-state index is 0.254. The van der Waals surface area contributed by atoms with E-state index in [1.54, 1.807) is 6.07 Å². The Morgan fingerprint density at radius 2 is 2.07 bits per heavy atom. The lowest BCUT2D eigenvalue weighted by molar-refractivity contribution is 0.479. The molecule has 0 amide bonds. The fourth-order valence-electron chi connectivity index (χ4n) is 1.79. The van der Waals surface area contributed by atoms with E-state index in [0.717, 1.165) is 25.9 Å². The molecule has 82 valence electrons. The van der Waals surface area contributed by atoms with Crippen LogP contribution in [0.25, 0.3) is 0 Å². The molecule has 0 bridgehead atoms. The predicted octanol–water partition coefficient (Wildman–Crippen LogP) is 2.64. The molecule has 0 unspecified atom stereocenters. The molecule has 1 heterocycles. The molecule has 0 aliphatic carbocycles. The van der Waals surface area contributed by atoms with Crippen LogP contribution in [0.3, 0.4) is 0 Å². The molecule has 0 atom stereocenters. The van der Waals surface area contributed by atoms with E-state index in [9.17, 15) is 4.39 Å². The summed E-state index contributed by atoms with van der Waals surface area (Å²) in [7, 11) is 0. The van der Waals surface area contributed by atoms with Crippen molar-refractivity contribution in [2.45, 2.75) is 18.9 Å². The van der Waals surface area contributed by atoms with Crippen LogP contribution in [0.2, 0.25) is 5.02 Å². The molecule has 0 aromatic heterocycles. The van der Waals surface area contributed by atoms with Gasteiger partial charge in [-0.2, -0.15) is 0 Å². The average molecular weight is 229 g/mol. The van der Waals surface area contributed by atoms with Gasteiger partial charge in [0.05, 0.1) is 10.7 Å². The molecule has 2 nitrogen and oxygen atoms in total. The van der Waals surface area contributed by atoms with Crippen LogP contribution in [0.15, 0.2) is 18.2 Å². The Balaban J connectivity index is 2.05. The molecular formula is C11H14ClFN2. The van der Waals surface area contributed by atoms with Gasteiger partial charge in [-0.1, -0.05) is 11.6 Å². The van der Waals surface area contributed by atoms with Crippen molar-refractivity contribution in [3.8, 4) is 0 Å². The lowest BCUT2D eigenvalue weighted by atomic mass is 10.1. The van der Waals surface area contributed by atoms with Crippen molar-refractivity contribution in [3.63, 3.8) is 0 Å². The molecule has 1 saturated heterocycles. The highest BCUT2D eigenvalue weighted by Crippen LogP contribution is 2.24. The first kappa shape index (κ1) is 10.7. The third-order valence-electron chi connectivity index (χ3n) is 2.63. The summed E-state index contributed by atoms with van der Waals surface area (Å²) in [6.45, 7) is 2.01. The normalized spacial score (nSPS) is 17.7. The Morgan fingerprint density at radius 1 is 1.33 bits per heavy atom. The van der Waals surface area contributed by atoms with Crippen LogP contribution >= 0.6 is 11.6 Å². The molecule has 2 rings (SSSR count). The molecule has 0 radical (unpaired) electrons. The molecule has 1 aliphatic heterocycles. The van der Waals surface area contributed by atoms with Crippen molar-refractivity contribution >= 4 is 17.3 Å². The van der Waals surface area contributed by atoms with E-state index in [-0.39, 0.29) is 5.82 Å². The summed E-state index contributed by atoms with van der Waals surface area (Å²) in [5, 5.41) is 7.14. The molecule has 15 heavy (non-hydrogen) atoms. The SMILES string of the molecule is Fc1ccc(Cl)c(NC2CCNCC2)c1. The lowest BCUT2D eigenvalue weighted by Crippen LogP contribution is -2.35. The van der Waals surface area contributed by atoms with Gasteiger partial charge in [-0.15, -0.1) is 0 Å². The Bertz CT molecular complexity index is 337. The molecule has 0 spiro atoms. The highest BCUT2D eigenvalue weighted by Gasteiger charge is 2.13. The van der Waals surface area contributed by atoms with E-state index >= 15 is 0 Å². The van der Waals surface area contributed by atoms with Crippen molar-refractivity contribution in [2.24, 2.45) is 0 Å². The van der Waals surface area contributed by atoms with Crippen LogP contribution in [0.4, 0.5) is 10.1 Å². The molecule has 1 aliphatic rings. The summed E-state index contributed by atoms with van der Waals surface area (Å²) in [6.07, 6.45) is 2.10. The van der Waals surface area contributed by atoms with Crippen LogP contribution in [0.1, 0.15) is 12.8 Å². The van der Waals surface area contributed by atoms with Crippen molar-refractivity contribution in [2.75, 3.05) is 18.4 Å². The number of anilines is 1. The third-order valence-corrected chi connectivity index (χ3v) is 2.96. The van der Waals surface area contributed by atoms with Gasteiger partial charge in [0.15, 0.2) is 0 Å². The molecule has 4 heteroatoms. The topological polar surface area (TPSA) is 24.1 Å². The first-order chi connectivity index (χ1) is 7.25. The van der Waals surface area contributed by atoms with E-state index in [1.165, 1.54) is 12.1 Å². The lowest BCUT2D eigenvalue weighted by Gasteiger charge is -2.25. The van der Waals surface area contributed by atoms with Crippen LogP contribution in [-0.4, -0.2) is 19.1 Å². The number of piperidine rings is 1. The van der Waals surface area contributed by atoms with Gasteiger partial charge < -0.3 is 10.6 Å². The van der Waals surface area contributed by atoms with Crippen LogP contribution in [0, 0.1) is 5.82 Å². The maximum absolute atomic E-state index is 13.0. The number of rotatable bonds is 2. The molecule has 1 aromatic carbocycles. The van der Waals surface area contributed by atoms with Gasteiger partial charge in [-0.05, 0) is 44.1 Å². The number of benzene rings is 1. The van der Waals surface area contributed by atoms with Crippen molar-refractivity contribution in [1.82, 2.24) is 5.32 Å². The van der Waals surface area contributed by atoms with Crippen LogP contribution in [-0.2, 0) is 0 Å². The maximum Gasteiger partial charge on any atom is 0.125 e. The number of halogens is 2. The van der Waals surface area contributed by atoms with E-state index in [4.69, 9.17) is 11.6 Å². The van der Waals surface area contributed by atoms with Gasteiger partial charge in [0.2, 0.25) is 0 Å².